The van der Waals surface area contributed by atoms with Crippen LogP contribution in [0.2, 0.25) is 0 Å². The van der Waals surface area contributed by atoms with Crippen molar-refractivity contribution in [1.82, 2.24) is 4.98 Å². The number of hydrogen-bond acceptors (Lipinski definition) is 2. The van der Waals surface area contributed by atoms with Gasteiger partial charge in [-0.15, -0.1) is 0 Å². The third-order valence-corrected chi connectivity index (χ3v) is 4.34. The number of aryl methyl sites for hydroxylation is 1. The molecule has 0 bridgehead atoms. The Labute approximate surface area is 116 Å². The molecule has 1 aliphatic rings. The zero-order valence-corrected chi connectivity index (χ0v) is 12.3. The molecule has 2 nitrogen and oxygen atoms in total. The Bertz CT molecular complexity index is 555. The first-order valence-corrected chi connectivity index (χ1v) is 7.66. The summed E-state index contributed by atoms with van der Waals surface area (Å²) in [4.78, 5) is 4.71. The average molecular weight is 308 g/mol. The summed E-state index contributed by atoms with van der Waals surface area (Å²) in [5.74, 6) is 1.49. The van der Waals surface area contributed by atoms with E-state index in [0.29, 0.717) is 5.92 Å². The van der Waals surface area contributed by atoms with E-state index in [1.54, 1.807) is 0 Å². The molecule has 1 aliphatic carbocycles. The number of oxazole rings is 1. The van der Waals surface area contributed by atoms with Crippen LogP contribution in [0, 0.1) is 0 Å². The Hall–Kier alpha value is -0.830. The summed E-state index contributed by atoms with van der Waals surface area (Å²) in [5, 5.41) is 0. The number of benzene rings is 1. The Morgan fingerprint density at radius 3 is 2.78 bits per heavy atom. The van der Waals surface area contributed by atoms with Gasteiger partial charge in [0.05, 0.1) is 0 Å². The maximum atomic E-state index is 6.05. The Morgan fingerprint density at radius 2 is 2.06 bits per heavy atom. The number of fused-ring (bicyclic) bond motifs is 1. The van der Waals surface area contributed by atoms with Crippen LogP contribution in [0.1, 0.15) is 56.4 Å². The SMILES string of the molecule is CCc1cc(Br)cc2nc(C3CCCCC3)oc12. The monoisotopic (exact) mass is 307 g/mol. The van der Waals surface area contributed by atoms with Crippen molar-refractivity contribution in [2.45, 2.75) is 51.4 Å². The van der Waals surface area contributed by atoms with Crippen LogP contribution < -0.4 is 0 Å². The van der Waals surface area contributed by atoms with Crippen molar-refractivity contribution < 1.29 is 4.42 Å². The van der Waals surface area contributed by atoms with Gasteiger partial charge in [-0.2, -0.15) is 0 Å². The normalized spacial score (nSPS) is 17.4. The number of hydrogen-bond donors (Lipinski definition) is 0. The van der Waals surface area contributed by atoms with Gasteiger partial charge in [0, 0.05) is 10.4 Å². The van der Waals surface area contributed by atoms with E-state index >= 15 is 0 Å². The zero-order valence-electron chi connectivity index (χ0n) is 10.7. The first-order valence-electron chi connectivity index (χ1n) is 6.86. The summed E-state index contributed by atoms with van der Waals surface area (Å²) < 4.78 is 7.15. The van der Waals surface area contributed by atoms with Crippen molar-refractivity contribution >= 4 is 27.0 Å². The van der Waals surface area contributed by atoms with Crippen LogP contribution in [-0.4, -0.2) is 4.98 Å². The highest BCUT2D eigenvalue weighted by Gasteiger charge is 2.21. The number of aromatic nitrogens is 1. The molecule has 1 aromatic heterocycles. The van der Waals surface area contributed by atoms with Gasteiger partial charge in [-0.05, 0) is 37.0 Å². The van der Waals surface area contributed by atoms with Crippen molar-refractivity contribution in [1.29, 1.82) is 0 Å². The lowest BCUT2D eigenvalue weighted by Gasteiger charge is -2.17. The maximum Gasteiger partial charge on any atom is 0.198 e. The molecule has 3 rings (SSSR count). The lowest BCUT2D eigenvalue weighted by molar-refractivity contribution is 0.373. The third-order valence-electron chi connectivity index (χ3n) is 3.88. The molecule has 0 N–H and O–H groups in total. The number of nitrogens with zero attached hydrogens (tertiary/aromatic N) is 1. The standard InChI is InChI=1S/C15H18BrNO/c1-2-10-8-12(16)9-13-14(10)18-15(17-13)11-6-4-3-5-7-11/h8-9,11H,2-7H2,1H3. The molecule has 0 radical (unpaired) electrons. The smallest absolute Gasteiger partial charge is 0.198 e. The molecule has 1 aromatic carbocycles. The topological polar surface area (TPSA) is 26.0 Å². The Kier molecular flexibility index (Phi) is 3.42. The van der Waals surface area contributed by atoms with Crippen LogP contribution in [-0.2, 0) is 6.42 Å². The molecule has 1 fully saturated rings. The molecule has 1 saturated carbocycles. The molecular formula is C15H18BrNO. The van der Waals surface area contributed by atoms with E-state index in [9.17, 15) is 0 Å². The quantitative estimate of drug-likeness (QED) is 0.762. The van der Waals surface area contributed by atoms with Crippen molar-refractivity contribution in [3.8, 4) is 0 Å². The van der Waals surface area contributed by atoms with Gasteiger partial charge in [-0.25, -0.2) is 4.98 Å². The van der Waals surface area contributed by atoms with Crippen LogP contribution in [0.25, 0.3) is 11.1 Å². The largest absolute Gasteiger partial charge is 0.440 e. The van der Waals surface area contributed by atoms with Gasteiger partial charge in [0.25, 0.3) is 0 Å². The minimum Gasteiger partial charge on any atom is -0.440 e. The lowest BCUT2D eigenvalue weighted by atomic mass is 9.89. The summed E-state index contributed by atoms with van der Waals surface area (Å²) in [7, 11) is 0. The average Bonchev–Trinajstić information content (AvgIpc) is 2.82. The number of rotatable bonds is 2. The van der Waals surface area contributed by atoms with Gasteiger partial charge >= 0.3 is 0 Å². The summed E-state index contributed by atoms with van der Waals surface area (Å²) in [5.41, 5.74) is 3.23. The second-order valence-electron chi connectivity index (χ2n) is 5.15. The molecule has 0 unspecified atom stereocenters. The van der Waals surface area contributed by atoms with E-state index in [4.69, 9.17) is 9.40 Å². The molecule has 18 heavy (non-hydrogen) atoms. The molecule has 0 spiro atoms. The summed E-state index contributed by atoms with van der Waals surface area (Å²) in [6.07, 6.45) is 7.43. The van der Waals surface area contributed by atoms with Crippen molar-refractivity contribution in [3.05, 3.63) is 28.1 Å². The molecule has 0 aliphatic heterocycles. The molecule has 0 saturated heterocycles. The van der Waals surface area contributed by atoms with Gasteiger partial charge in [0.1, 0.15) is 5.52 Å². The summed E-state index contributed by atoms with van der Waals surface area (Å²) in [6.45, 7) is 2.16. The molecule has 2 aromatic rings. The molecule has 3 heteroatoms. The van der Waals surface area contributed by atoms with Crippen LogP contribution in [0.3, 0.4) is 0 Å². The zero-order chi connectivity index (χ0) is 12.5. The number of halogens is 1. The van der Waals surface area contributed by atoms with Crippen LogP contribution in [0.4, 0.5) is 0 Å². The minimum atomic E-state index is 0.537. The van der Waals surface area contributed by atoms with Crippen LogP contribution in [0.15, 0.2) is 21.0 Å². The lowest BCUT2D eigenvalue weighted by Crippen LogP contribution is -2.04. The fraction of sp³-hybridized carbons (Fsp3) is 0.533. The van der Waals surface area contributed by atoms with E-state index in [0.717, 1.165) is 27.9 Å². The highest BCUT2D eigenvalue weighted by Crippen LogP contribution is 2.35. The summed E-state index contributed by atoms with van der Waals surface area (Å²) >= 11 is 3.55. The van der Waals surface area contributed by atoms with Crippen molar-refractivity contribution in [3.63, 3.8) is 0 Å². The van der Waals surface area contributed by atoms with E-state index in [-0.39, 0.29) is 0 Å². The first kappa shape index (κ1) is 12.2. The maximum absolute atomic E-state index is 6.05. The van der Waals surface area contributed by atoms with Gasteiger partial charge in [-0.3, -0.25) is 0 Å². The second kappa shape index (κ2) is 5.04. The van der Waals surface area contributed by atoms with Crippen molar-refractivity contribution in [2.24, 2.45) is 0 Å². The highest BCUT2D eigenvalue weighted by atomic mass is 79.9. The fourth-order valence-electron chi connectivity index (χ4n) is 2.87. The summed E-state index contributed by atoms with van der Waals surface area (Å²) in [6, 6.07) is 4.20. The fourth-order valence-corrected chi connectivity index (χ4v) is 3.36. The van der Waals surface area contributed by atoms with E-state index in [2.05, 4.69) is 35.0 Å². The third kappa shape index (κ3) is 2.20. The second-order valence-corrected chi connectivity index (χ2v) is 6.07. The van der Waals surface area contributed by atoms with Gasteiger partial charge in [0.15, 0.2) is 11.5 Å². The van der Waals surface area contributed by atoms with E-state index in [1.807, 2.05) is 0 Å². The first-order chi connectivity index (χ1) is 8.78. The molecular weight excluding hydrogens is 290 g/mol. The molecule has 96 valence electrons. The van der Waals surface area contributed by atoms with Gasteiger partial charge in [-0.1, -0.05) is 42.1 Å². The van der Waals surface area contributed by atoms with Gasteiger partial charge < -0.3 is 4.42 Å². The van der Waals surface area contributed by atoms with E-state index in [1.165, 1.54) is 37.7 Å². The molecule has 0 atom stereocenters. The highest BCUT2D eigenvalue weighted by molar-refractivity contribution is 9.10. The van der Waals surface area contributed by atoms with Crippen LogP contribution in [0.5, 0.6) is 0 Å². The molecule has 1 heterocycles. The Morgan fingerprint density at radius 1 is 1.28 bits per heavy atom. The minimum absolute atomic E-state index is 0.537. The Balaban J connectivity index is 2.04. The van der Waals surface area contributed by atoms with Crippen LogP contribution >= 0.6 is 15.9 Å². The molecule has 0 amide bonds. The predicted molar refractivity (Wildman–Crippen MR) is 76.9 cm³/mol. The van der Waals surface area contributed by atoms with E-state index < -0.39 is 0 Å². The predicted octanol–water partition coefficient (Wildman–Crippen LogP) is 5.20. The van der Waals surface area contributed by atoms with Gasteiger partial charge in [0.2, 0.25) is 0 Å². The van der Waals surface area contributed by atoms with Crippen molar-refractivity contribution in [2.75, 3.05) is 0 Å².